The number of amides is 1. The van der Waals surface area contributed by atoms with Gasteiger partial charge < -0.3 is 10.6 Å². The van der Waals surface area contributed by atoms with Crippen molar-refractivity contribution in [3.8, 4) is 5.82 Å². The normalized spacial score (nSPS) is 20.0. The van der Waals surface area contributed by atoms with E-state index in [4.69, 9.17) is 0 Å². The zero-order chi connectivity index (χ0) is 25.4. The number of hydrogen-bond donors (Lipinski definition) is 3. The highest BCUT2D eigenvalue weighted by molar-refractivity contribution is 5.80. The van der Waals surface area contributed by atoms with Gasteiger partial charge in [-0.2, -0.15) is 10.2 Å². The van der Waals surface area contributed by atoms with Gasteiger partial charge in [-0.25, -0.2) is 23.4 Å². The molecule has 5 rings (SSSR count). The maximum absolute atomic E-state index is 15.7. The first kappa shape index (κ1) is 23.6. The summed E-state index contributed by atoms with van der Waals surface area (Å²) in [7, 11) is 0. The van der Waals surface area contributed by atoms with Crippen molar-refractivity contribution in [3.63, 3.8) is 0 Å². The van der Waals surface area contributed by atoms with Crippen LogP contribution in [0.3, 0.4) is 0 Å². The fourth-order valence-corrected chi connectivity index (χ4v) is 4.32. The van der Waals surface area contributed by atoms with Gasteiger partial charge in [0.1, 0.15) is 5.82 Å². The lowest BCUT2D eigenvalue weighted by molar-refractivity contribution is -0.135. The Hall–Kier alpha value is -4.15. The highest BCUT2D eigenvalue weighted by atomic mass is 19.1. The molecule has 0 aliphatic heterocycles. The third-order valence-corrected chi connectivity index (χ3v) is 6.32. The molecule has 0 spiro atoms. The maximum atomic E-state index is 15.7. The number of aryl methyl sites for hydroxylation is 2. The molecule has 9 nitrogen and oxygen atoms in total. The van der Waals surface area contributed by atoms with Gasteiger partial charge >= 0.3 is 0 Å². The molecular weight excluding hydrogens is 466 g/mol. The van der Waals surface area contributed by atoms with Gasteiger partial charge in [0, 0.05) is 23.9 Å². The number of rotatable bonds is 7. The van der Waals surface area contributed by atoms with E-state index in [-0.39, 0.29) is 24.8 Å². The van der Waals surface area contributed by atoms with Crippen molar-refractivity contribution in [1.82, 2.24) is 35.3 Å². The maximum Gasteiger partial charge on any atom is 0.223 e. The molecule has 1 amide bonds. The highest BCUT2D eigenvalue weighted by Gasteiger charge is 2.50. The van der Waals surface area contributed by atoms with E-state index >= 15 is 4.39 Å². The number of H-pyrrole nitrogens is 1. The fourth-order valence-electron chi connectivity index (χ4n) is 4.32. The van der Waals surface area contributed by atoms with Crippen LogP contribution in [0, 0.1) is 25.6 Å². The second kappa shape index (κ2) is 9.14. The molecule has 186 valence electrons. The van der Waals surface area contributed by atoms with Gasteiger partial charge in [-0.1, -0.05) is 6.07 Å². The second-order valence-electron chi connectivity index (χ2n) is 9.33. The molecule has 0 saturated heterocycles. The van der Waals surface area contributed by atoms with Crippen LogP contribution in [-0.4, -0.2) is 35.9 Å². The van der Waals surface area contributed by atoms with Gasteiger partial charge in [0.2, 0.25) is 5.91 Å². The van der Waals surface area contributed by atoms with Crippen molar-refractivity contribution >= 4 is 17.5 Å². The van der Waals surface area contributed by atoms with Crippen LogP contribution < -0.4 is 10.6 Å². The van der Waals surface area contributed by atoms with Crippen LogP contribution in [0.25, 0.3) is 5.82 Å². The molecule has 3 N–H and O–H groups in total. The number of halogens is 2. The van der Waals surface area contributed by atoms with Crippen LogP contribution in [0.4, 0.5) is 20.4 Å². The Kier molecular flexibility index (Phi) is 5.99. The van der Waals surface area contributed by atoms with E-state index in [0.717, 1.165) is 23.0 Å². The zero-order valence-electron chi connectivity index (χ0n) is 20.1. The number of alkyl halides is 1. The van der Waals surface area contributed by atoms with Gasteiger partial charge in [-0.15, -0.1) is 0 Å². The molecule has 0 unspecified atom stereocenters. The number of carbonyl (C=O) groups excluding carboxylic acids is 1. The van der Waals surface area contributed by atoms with Gasteiger partial charge in [-0.05, 0) is 62.9 Å². The highest BCUT2D eigenvalue weighted by Crippen LogP contribution is 2.49. The fraction of sp³-hybridized carbons (Fsp3) is 0.320. The number of carbonyl (C=O) groups is 1. The van der Waals surface area contributed by atoms with Gasteiger partial charge in [0.15, 0.2) is 23.1 Å². The predicted octanol–water partition coefficient (Wildman–Crippen LogP) is 4.34. The molecule has 11 heteroatoms. The van der Waals surface area contributed by atoms with E-state index in [1.54, 1.807) is 24.4 Å². The van der Waals surface area contributed by atoms with Crippen LogP contribution in [0.2, 0.25) is 0 Å². The Balaban J connectivity index is 1.20. The summed E-state index contributed by atoms with van der Waals surface area (Å²) in [4.78, 5) is 21.5. The summed E-state index contributed by atoms with van der Waals surface area (Å²) in [5.41, 5.74) is 1.17. The number of aromatic amines is 1. The summed E-state index contributed by atoms with van der Waals surface area (Å²) < 4.78 is 30.2. The van der Waals surface area contributed by atoms with Crippen LogP contribution in [-0.2, 0) is 10.5 Å². The average Bonchev–Trinajstić information content (AvgIpc) is 3.44. The molecule has 1 aliphatic rings. The third kappa shape index (κ3) is 4.81. The van der Waals surface area contributed by atoms with E-state index in [0.29, 0.717) is 23.1 Å². The minimum absolute atomic E-state index is 0.0605. The van der Waals surface area contributed by atoms with Gasteiger partial charge in [-0.3, -0.25) is 9.89 Å². The van der Waals surface area contributed by atoms with Crippen LogP contribution in [0.15, 0.2) is 48.9 Å². The summed E-state index contributed by atoms with van der Waals surface area (Å²) in [6.45, 7) is 5.60. The molecular formula is C25H26F2N8O. The molecule has 0 radical (unpaired) electrons. The quantitative estimate of drug-likeness (QED) is 0.354. The number of pyridine rings is 2. The Bertz CT molecular complexity index is 1390. The van der Waals surface area contributed by atoms with Gasteiger partial charge in [0.25, 0.3) is 0 Å². The van der Waals surface area contributed by atoms with E-state index in [1.165, 1.54) is 10.9 Å². The SMILES string of the molecule is Cc1cc(Nc2cc(C)[nH]n2)nc(C2(F)CC(C(=O)N[C@@H](C)c3ccc(-n4cc(F)cn4)nc3)C2)c1. The number of hydrogen-bond acceptors (Lipinski definition) is 6. The minimum Gasteiger partial charge on any atom is -0.349 e. The Morgan fingerprint density at radius 1 is 1.19 bits per heavy atom. The third-order valence-electron chi connectivity index (χ3n) is 6.32. The summed E-state index contributed by atoms with van der Waals surface area (Å²) in [5.74, 6) is 0.445. The Morgan fingerprint density at radius 2 is 2.00 bits per heavy atom. The minimum atomic E-state index is -1.67. The zero-order valence-corrected chi connectivity index (χ0v) is 20.1. The summed E-state index contributed by atoms with van der Waals surface area (Å²) in [5, 5.41) is 16.9. The number of nitrogens with zero attached hydrogens (tertiary/aromatic N) is 5. The first-order valence-corrected chi connectivity index (χ1v) is 11.6. The molecule has 4 aromatic rings. The van der Waals surface area contributed by atoms with Crippen molar-refractivity contribution in [2.45, 2.75) is 45.3 Å². The number of nitrogens with one attached hydrogen (secondary N) is 3. The molecule has 1 atom stereocenters. The molecule has 1 aliphatic carbocycles. The lowest BCUT2D eigenvalue weighted by Gasteiger charge is -2.40. The molecule has 4 heterocycles. The van der Waals surface area contributed by atoms with E-state index in [9.17, 15) is 9.18 Å². The average molecular weight is 493 g/mol. The number of aromatic nitrogens is 6. The van der Waals surface area contributed by atoms with Crippen molar-refractivity contribution < 1.29 is 13.6 Å². The first-order valence-electron chi connectivity index (χ1n) is 11.6. The molecule has 1 fully saturated rings. The molecule has 36 heavy (non-hydrogen) atoms. The summed E-state index contributed by atoms with van der Waals surface area (Å²) >= 11 is 0. The van der Waals surface area contributed by atoms with Crippen molar-refractivity contribution in [1.29, 1.82) is 0 Å². The van der Waals surface area contributed by atoms with E-state index in [1.807, 2.05) is 32.9 Å². The monoisotopic (exact) mass is 492 g/mol. The molecule has 0 aromatic carbocycles. The van der Waals surface area contributed by atoms with Crippen LogP contribution >= 0.6 is 0 Å². The van der Waals surface area contributed by atoms with Crippen molar-refractivity contribution in [2.24, 2.45) is 5.92 Å². The van der Waals surface area contributed by atoms with Crippen LogP contribution in [0.1, 0.15) is 48.3 Å². The first-order chi connectivity index (χ1) is 17.2. The lowest BCUT2D eigenvalue weighted by atomic mass is 9.69. The van der Waals surface area contributed by atoms with Gasteiger partial charge in [0.05, 0.1) is 24.1 Å². The summed E-state index contributed by atoms with van der Waals surface area (Å²) in [6.07, 6.45) is 4.06. The number of anilines is 2. The van der Waals surface area contributed by atoms with E-state index < -0.39 is 17.4 Å². The van der Waals surface area contributed by atoms with Crippen molar-refractivity contribution in [2.75, 3.05) is 5.32 Å². The predicted molar refractivity (Wildman–Crippen MR) is 129 cm³/mol. The smallest absolute Gasteiger partial charge is 0.223 e. The molecule has 4 aromatic heterocycles. The topological polar surface area (TPSA) is 113 Å². The Morgan fingerprint density at radius 3 is 2.64 bits per heavy atom. The van der Waals surface area contributed by atoms with Crippen LogP contribution in [0.5, 0.6) is 0 Å². The second-order valence-corrected chi connectivity index (χ2v) is 9.33. The summed E-state index contributed by atoms with van der Waals surface area (Å²) in [6, 6.07) is 8.53. The Labute approximate surface area is 206 Å². The standard InChI is InChI=1S/C25H26F2N8O/c1-14-6-20(31-21(7-14)32-22-8-15(2)33-34-22)25(27)9-18(10-25)24(36)30-16(3)17-4-5-23(28-11-17)35-13-19(26)12-29-35/h4-8,11-13,16,18H,9-10H2,1-3H3,(H,30,36)(H2,31,32,33,34)/t16-,18?,25?/m0/s1. The molecule has 0 bridgehead atoms. The van der Waals surface area contributed by atoms with E-state index in [2.05, 4.69) is 35.9 Å². The lowest BCUT2D eigenvalue weighted by Crippen LogP contribution is -2.46. The molecule has 1 saturated carbocycles. The van der Waals surface area contributed by atoms with Crippen molar-refractivity contribution in [3.05, 3.63) is 77.3 Å². The largest absolute Gasteiger partial charge is 0.349 e.